The first-order chi connectivity index (χ1) is 13.7. The first-order valence-corrected chi connectivity index (χ1v) is 9.90. The number of ether oxygens (including phenoxy) is 1. The van der Waals surface area contributed by atoms with E-state index in [0.29, 0.717) is 12.5 Å². The normalized spacial score (nSPS) is 15.6. The highest BCUT2D eigenvalue weighted by Crippen LogP contribution is 2.15. The van der Waals surface area contributed by atoms with Crippen LogP contribution in [-0.4, -0.2) is 55.6 Å². The molecule has 1 aliphatic rings. The maximum Gasteiger partial charge on any atom is 0.193 e. The molecule has 1 aliphatic heterocycles. The van der Waals surface area contributed by atoms with Gasteiger partial charge in [-0.1, -0.05) is 31.2 Å². The summed E-state index contributed by atoms with van der Waals surface area (Å²) >= 11 is 0. The van der Waals surface area contributed by atoms with E-state index >= 15 is 0 Å². The fraction of sp³-hybridized carbons (Fsp3) is 0.409. The Hall–Kier alpha value is -1.84. The summed E-state index contributed by atoms with van der Waals surface area (Å²) < 4.78 is 5.15. The molecule has 0 saturated carbocycles. The van der Waals surface area contributed by atoms with E-state index in [-0.39, 0.29) is 24.0 Å². The minimum Gasteiger partial charge on any atom is -0.497 e. The van der Waals surface area contributed by atoms with Gasteiger partial charge in [-0.25, -0.2) is 4.99 Å². The van der Waals surface area contributed by atoms with Crippen LogP contribution in [-0.2, 0) is 13.1 Å². The van der Waals surface area contributed by atoms with Gasteiger partial charge in [-0.3, -0.25) is 4.90 Å². The van der Waals surface area contributed by atoms with Crippen molar-refractivity contribution in [2.75, 3.05) is 45.2 Å². The van der Waals surface area contributed by atoms with Crippen LogP contribution in [0.2, 0.25) is 0 Å². The van der Waals surface area contributed by atoms with Crippen LogP contribution >= 0.6 is 24.0 Å². The summed E-state index contributed by atoms with van der Waals surface area (Å²) in [4.78, 5) is 9.46. The van der Waals surface area contributed by atoms with Gasteiger partial charge in [0.2, 0.25) is 0 Å². The SMILES string of the molecule is CCN1CCN(Cc2ccc(CN=C(N)Nc3ccc(OC)cc3)cc2)CC1.I. The molecule has 7 heteroatoms. The molecule has 158 valence electrons. The molecule has 0 spiro atoms. The molecule has 0 bridgehead atoms. The van der Waals surface area contributed by atoms with Crippen LogP contribution in [0.1, 0.15) is 18.1 Å². The molecular formula is C22H32IN5O. The summed E-state index contributed by atoms with van der Waals surface area (Å²) in [6.07, 6.45) is 0. The summed E-state index contributed by atoms with van der Waals surface area (Å²) in [7, 11) is 1.65. The lowest BCUT2D eigenvalue weighted by atomic mass is 10.1. The smallest absolute Gasteiger partial charge is 0.193 e. The number of aliphatic imine (C=N–C) groups is 1. The van der Waals surface area contributed by atoms with E-state index in [9.17, 15) is 0 Å². The van der Waals surface area contributed by atoms with Gasteiger partial charge in [-0.15, -0.1) is 24.0 Å². The summed E-state index contributed by atoms with van der Waals surface area (Å²) in [5, 5.41) is 3.10. The zero-order valence-electron chi connectivity index (χ0n) is 17.3. The number of nitrogens with one attached hydrogen (secondary N) is 1. The molecule has 6 nitrogen and oxygen atoms in total. The van der Waals surface area contributed by atoms with Gasteiger partial charge >= 0.3 is 0 Å². The minimum atomic E-state index is 0. The molecular weight excluding hydrogens is 477 g/mol. The number of benzene rings is 2. The molecule has 1 fully saturated rings. The van der Waals surface area contributed by atoms with Crippen LogP contribution in [0.25, 0.3) is 0 Å². The van der Waals surface area contributed by atoms with Crippen molar-refractivity contribution >= 4 is 35.6 Å². The van der Waals surface area contributed by atoms with Crippen LogP contribution in [0.15, 0.2) is 53.5 Å². The predicted octanol–water partition coefficient (Wildman–Crippen LogP) is 3.38. The quantitative estimate of drug-likeness (QED) is 0.341. The van der Waals surface area contributed by atoms with Gasteiger partial charge in [0.25, 0.3) is 0 Å². The maximum absolute atomic E-state index is 6.00. The van der Waals surface area contributed by atoms with Crippen molar-refractivity contribution in [2.45, 2.75) is 20.0 Å². The molecule has 1 heterocycles. The molecule has 0 aromatic heterocycles. The fourth-order valence-corrected chi connectivity index (χ4v) is 3.31. The number of hydrogen-bond donors (Lipinski definition) is 2. The number of methoxy groups -OCH3 is 1. The second-order valence-corrected chi connectivity index (χ2v) is 7.08. The van der Waals surface area contributed by atoms with Crippen molar-refractivity contribution in [3.05, 3.63) is 59.7 Å². The van der Waals surface area contributed by atoms with E-state index < -0.39 is 0 Å². The number of hydrogen-bond acceptors (Lipinski definition) is 4. The number of guanidine groups is 1. The Morgan fingerprint density at radius 2 is 1.55 bits per heavy atom. The van der Waals surface area contributed by atoms with Crippen LogP contribution < -0.4 is 15.8 Å². The maximum atomic E-state index is 6.00. The van der Waals surface area contributed by atoms with E-state index in [4.69, 9.17) is 10.5 Å². The van der Waals surface area contributed by atoms with Crippen LogP contribution in [0.3, 0.4) is 0 Å². The van der Waals surface area contributed by atoms with Crippen molar-refractivity contribution in [2.24, 2.45) is 10.7 Å². The molecule has 0 unspecified atom stereocenters. The van der Waals surface area contributed by atoms with Gasteiger partial charge in [-0.05, 0) is 41.9 Å². The third-order valence-corrected chi connectivity index (χ3v) is 5.14. The van der Waals surface area contributed by atoms with Gasteiger partial charge in [0.15, 0.2) is 5.96 Å². The third-order valence-electron chi connectivity index (χ3n) is 5.14. The Labute approximate surface area is 191 Å². The first kappa shape index (κ1) is 23.4. The molecule has 3 rings (SSSR count). The van der Waals surface area contributed by atoms with Crippen molar-refractivity contribution < 1.29 is 4.74 Å². The van der Waals surface area contributed by atoms with Crippen molar-refractivity contribution in [1.29, 1.82) is 0 Å². The van der Waals surface area contributed by atoms with Gasteiger partial charge in [-0.2, -0.15) is 0 Å². The molecule has 2 aromatic rings. The number of anilines is 1. The Kier molecular flexibility index (Phi) is 9.69. The lowest BCUT2D eigenvalue weighted by Gasteiger charge is -2.34. The van der Waals surface area contributed by atoms with Crippen LogP contribution in [0, 0.1) is 0 Å². The number of piperazine rings is 1. The highest BCUT2D eigenvalue weighted by Gasteiger charge is 2.15. The van der Waals surface area contributed by atoms with Gasteiger partial charge < -0.3 is 20.7 Å². The molecule has 0 amide bonds. The average Bonchev–Trinajstić information content (AvgIpc) is 2.74. The Morgan fingerprint density at radius 1 is 0.966 bits per heavy atom. The summed E-state index contributed by atoms with van der Waals surface area (Å²) in [5.41, 5.74) is 9.39. The highest BCUT2D eigenvalue weighted by molar-refractivity contribution is 14.0. The highest BCUT2D eigenvalue weighted by atomic mass is 127. The summed E-state index contributed by atoms with van der Waals surface area (Å²) in [6, 6.07) is 16.3. The lowest BCUT2D eigenvalue weighted by molar-refractivity contribution is 0.132. The largest absolute Gasteiger partial charge is 0.497 e. The molecule has 2 aromatic carbocycles. The molecule has 29 heavy (non-hydrogen) atoms. The molecule has 0 radical (unpaired) electrons. The van der Waals surface area contributed by atoms with Gasteiger partial charge in [0.05, 0.1) is 13.7 Å². The fourth-order valence-electron chi connectivity index (χ4n) is 3.31. The van der Waals surface area contributed by atoms with E-state index in [1.807, 2.05) is 24.3 Å². The predicted molar refractivity (Wildman–Crippen MR) is 131 cm³/mol. The van der Waals surface area contributed by atoms with Crippen molar-refractivity contribution in [3.63, 3.8) is 0 Å². The van der Waals surface area contributed by atoms with E-state index in [1.54, 1.807) is 7.11 Å². The van der Waals surface area contributed by atoms with Crippen molar-refractivity contribution in [1.82, 2.24) is 9.80 Å². The Bertz CT molecular complexity index is 756. The van der Waals surface area contributed by atoms with Crippen molar-refractivity contribution in [3.8, 4) is 5.75 Å². The monoisotopic (exact) mass is 509 g/mol. The van der Waals surface area contributed by atoms with Gasteiger partial charge in [0.1, 0.15) is 5.75 Å². The second-order valence-electron chi connectivity index (χ2n) is 7.08. The number of likely N-dealkylation sites (N-methyl/N-ethyl adjacent to an activating group) is 1. The zero-order chi connectivity index (χ0) is 19.8. The number of halogens is 1. The Balaban J connectivity index is 0.00000300. The second kappa shape index (κ2) is 12.0. The Morgan fingerprint density at radius 3 is 2.14 bits per heavy atom. The first-order valence-electron chi connectivity index (χ1n) is 9.90. The van der Waals surface area contributed by atoms with E-state index in [1.165, 1.54) is 18.7 Å². The van der Waals surface area contributed by atoms with E-state index in [0.717, 1.165) is 43.2 Å². The summed E-state index contributed by atoms with van der Waals surface area (Å²) in [5.74, 6) is 1.22. The molecule has 3 N–H and O–H groups in total. The number of nitrogens with two attached hydrogens (primary N) is 1. The zero-order valence-corrected chi connectivity index (χ0v) is 19.6. The van der Waals surface area contributed by atoms with Crippen LogP contribution in [0.4, 0.5) is 5.69 Å². The molecule has 0 aliphatic carbocycles. The standard InChI is InChI=1S/C22H31N5O.HI/c1-3-26-12-14-27(15-13-26)17-19-6-4-18(5-7-19)16-24-22(23)25-20-8-10-21(28-2)11-9-20;/h4-11H,3,12-17H2,1-2H3,(H3,23,24,25);1H. The minimum absolute atomic E-state index is 0. The third kappa shape index (κ3) is 7.49. The average molecular weight is 509 g/mol. The van der Waals surface area contributed by atoms with Crippen LogP contribution in [0.5, 0.6) is 5.75 Å². The number of rotatable bonds is 7. The molecule has 1 saturated heterocycles. The van der Waals surface area contributed by atoms with E-state index in [2.05, 4.69) is 51.3 Å². The van der Waals surface area contributed by atoms with Gasteiger partial charge in [0, 0.05) is 38.4 Å². The molecule has 0 atom stereocenters. The lowest BCUT2D eigenvalue weighted by Crippen LogP contribution is -2.45. The number of nitrogens with zero attached hydrogens (tertiary/aromatic N) is 3. The topological polar surface area (TPSA) is 66.1 Å². The summed E-state index contributed by atoms with van der Waals surface area (Å²) in [6.45, 7) is 9.59.